The van der Waals surface area contributed by atoms with Crippen molar-refractivity contribution >= 4 is 0 Å². The molecule has 2 nitrogen and oxygen atoms in total. The van der Waals surface area contributed by atoms with Crippen molar-refractivity contribution in [2.45, 2.75) is 37.8 Å². The van der Waals surface area contributed by atoms with E-state index in [1.807, 2.05) is 6.07 Å². The van der Waals surface area contributed by atoms with Gasteiger partial charge >= 0.3 is 0 Å². The van der Waals surface area contributed by atoms with E-state index >= 15 is 0 Å². The molecule has 0 radical (unpaired) electrons. The lowest BCUT2D eigenvalue weighted by Crippen LogP contribution is -2.55. The molecule has 2 rings (SSSR count). The smallest absolute Gasteiger partial charge is 0.0809 e. The molecule has 82 valence electrons. The molecule has 0 aromatic heterocycles. The maximum Gasteiger partial charge on any atom is 0.0809 e. The van der Waals surface area contributed by atoms with Crippen molar-refractivity contribution in [3.05, 3.63) is 35.9 Å². The minimum absolute atomic E-state index is 0.219. The Hall–Kier alpha value is -0.860. The fourth-order valence-corrected chi connectivity index (χ4v) is 2.19. The van der Waals surface area contributed by atoms with Gasteiger partial charge in [0.1, 0.15) is 0 Å². The molecule has 1 aliphatic rings. The third-order valence-electron chi connectivity index (χ3n) is 3.57. The number of rotatable bonds is 2. The van der Waals surface area contributed by atoms with Crippen molar-refractivity contribution in [1.29, 1.82) is 0 Å². The molecule has 0 aliphatic carbocycles. The Morgan fingerprint density at radius 1 is 1.27 bits per heavy atom. The van der Waals surface area contributed by atoms with Crippen molar-refractivity contribution in [2.24, 2.45) is 5.73 Å². The SMILES string of the molecule is CC1(C)OCCC1(N)Cc1ccccc1. The van der Waals surface area contributed by atoms with E-state index in [1.54, 1.807) is 0 Å². The largest absolute Gasteiger partial charge is 0.374 e. The van der Waals surface area contributed by atoms with Crippen molar-refractivity contribution in [2.75, 3.05) is 6.61 Å². The summed E-state index contributed by atoms with van der Waals surface area (Å²) in [4.78, 5) is 0. The van der Waals surface area contributed by atoms with E-state index in [0.29, 0.717) is 0 Å². The molecule has 1 atom stereocenters. The van der Waals surface area contributed by atoms with Crippen LogP contribution in [0, 0.1) is 0 Å². The molecule has 2 N–H and O–H groups in total. The molecule has 1 saturated heterocycles. The van der Waals surface area contributed by atoms with E-state index < -0.39 is 0 Å². The summed E-state index contributed by atoms with van der Waals surface area (Å²) < 4.78 is 5.70. The predicted molar refractivity (Wildman–Crippen MR) is 61.7 cm³/mol. The summed E-state index contributed by atoms with van der Waals surface area (Å²) >= 11 is 0. The Bertz CT molecular complexity index is 334. The number of hydrogen-bond acceptors (Lipinski definition) is 2. The normalized spacial score (nSPS) is 29.3. The van der Waals surface area contributed by atoms with E-state index in [0.717, 1.165) is 19.4 Å². The lowest BCUT2D eigenvalue weighted by molar-refractivity contribution is 0.000450. The van der Waals surface area contributed by atoms with Crippen LogP contribution >= 0.6 is 0 Å². The molecule has 1 aromatic carbocycles. The highest BCUT2D eigenvalue weighted by atomic mass is 16.5. The average molecular weight is 205 g/mol. The summed E-state index contributed by atoms with van der Waals surface area (Å²) in [5.74, 6) is 0. The van der Waals surface area contributed by atoms with E-state index in [2.05, 4.69) is 38.1 Å². The van der Waals surface area contributed by atoms with Gasteiger partial charge in [0.15, 0.2) is 0 Å². The zero-order valence-electron chi connectivity index (χ0n) is 9.49. The van der Waals surface area contributed by atoms with Crippen LogP contribution in [0.15, 0.2) is 30.3 Å². The molecule has 1 unspecified atom stereocenters. The first-order valence-corrected chi connectivity index (χ1v) is 5.50. The van der Waals surface area contributed by atoms with Crippen LogP contribution in [0.2, 0.25) is 0 Å². The van der Waals surface area contributed by atoms with Gasteiger partial charge in [-0.05, 0) is 32.3 Å². The van der Waals surface area contributed by atoms with Crippen molar-refractivity contribution in [3.8, 4) is 0 Å². The Kier molecular flexibility index (Phi) is 2.57. The van der Waals surface area contributed by atoms with Gasteiger partial charge in [-0.1, -0.05) is 30.3 Å². The number of benzene rings is 1. The van der Waals surface area contributed by atoms with Gasteiger partial charge < -0.3 is 10.5 Å². The first kappa shape index (κ1) is 10.7. The second-order valence-corrected chi connectivity index (χ2v) is 4.93. The van der Waals surface area contributed by atoms with Gasteiger partial charge in [0.25, 0.3) is 0 Å². The lowest BCUT2D eigenvalue weighted by Gasteiger charge is -2.36. The molecule has 0 bridgehead atoms. The quantitative estimate of drug-likeness (QED) is 0.802. The van der Waals surface area contributed by atoms with Crippen LogP contribution in [-0.4, -0.2) is 17.7 Å². The highest BCUT2D eigenvalue weighted by molar-refractivity contribution is 5.20. The van der Waals surface area contributed by atoms with Gasteiger partial charge in [-0.25, -0.2) is 0 Å². The van der Waals surface area contributed by atoms with E-state index in [9.17, 15) is 0 Å². The Morgan fingerprint density at radius 2 is 1.93 bits per heavy atom. The summed E-state index contributed by atoms with van der Waals surface area (Å²) in [6.07, 6.45) is 1.83. The Balaban J connectivity index is 2.18. The monoisotopic (exact) mass is 205 g/mol. The van der Waals surface area contributed by atoms with Crippen LogP contribution in [0.1, 0.15) is 25.8 Å². The van der Waals surface area contributed by atoms with Gasteiger partial charge in [0.05, 0.1) is 11.1 Å². The van der Waals surface area contributed by atoms with Crippen LogP contribution in [0.5, 0.6) is 0 Å². The lowest BCUT2D eigenvalue weighted by atomic mass is 9.78. The summed E-state index contributed by atoms with van der Waals surface area (Å²) in [7, 11) is 0. The van der Waals surface area contributed by atoms with Crippen LogP contribution in [0.3, 0.4) is 0 Å². The molecule has 0 saturated carbocycles. The highest BCUT2D eigenvalue weighted by Gasteiger charge is 2.47. The first-order valence-electron chi connectivity index (χ1n) is 5.50. The van der Waals surface area contributed by atoms with Crippen molar-refractivity contribution in [1.82, 2.24) is 0 Å². The molecule has 1 aromatic rings. The van der Waals surface area contributed by atoms with E-state index in [4.69, 9.17) is 10.5 Å². The molecule has 0 amide bonds. The number of nitrogens with two attached hydrogens (primary N) is 1. The summed E-state index contributed by atoms with van der Waals surface area (Å²) in [5, 5.41) is 0. The average Bonchev–Trinajstić information content (AvgIpc) is 2.43. The van der Waals surface area contributed by atoms with Gasteiger partial charge in [-0.2, -0.15) is 0 Å². The minimum atomic E-state index is -0.228. The maximum absolute atomic E-state index is 6.44. The van der Waals surface area contributed by atoms with Crippen LogP contribution in [0.25, 0.3) is 0 Å². The fraction of sp³-hybridized carbons (Fsp3) is 0.538. The molecular weight excluding hydrogens is 186 g/mol. The topological polar surface area (TPSA) is 35.2 Å². The molecule has 1 heterocycles. The molecule has 2 heteroatoms. The van der Waals surface area contributed by atoms with Crippen LogP contribution in [-0.2, 0) is 11.2 Å². The van der Waals surface area contributed by atoms with Gasteiger partial charge in [0, 0.05) is 6.61 Å². The Labute approximate surface area is 91.4 Å². The fourth-order valence-electron chi connectivity index (χ4n) is 2.19. The zero-order valence-corrected chi connectivity index (χ0v) is 9.49. The number of ether oxygens (including phenoxy) is 1. The van der Waals surface area contributed by atoms with Crippen molar-refractivity contribution < 1.29 is 4.74 Å². The van der Waals surface area contributed by atoms with E-state index in [-0.39, 0.29) is 11.1 Å². The minimum Gasteiger partial charge on any atom is -0.374 e. The van der Waals surface area contributed by atoms with Gasteiger partial charge in [-0.3, -0.25) is 0 Å². The Morgan fingerprint density at radius 3 is 2.47 bits per heavy atom. The standard InChI is InChI=1S/C13H19NO/c1-12(2)13(14,8-9-15-12)10-11-6-4-3-5-7-11/h3-7H,8-10,14H2,1-2H3. The van der Waals surface area contributed by atoms with Gasteiger partial charge in [0.2, 0.25) is 0 Å². The van der Waals surface area contributed by atoms with Crippen LogP contribution < -0.4 is 5.73 Å². The second kappa shape index (κ2) is 3.62. The van der Waals surface area contributed by atoms with Crippen molar-refractivity contribution in [3.63, 3.8) is 0 Å². The molecule has 0 spiro atoms. The van der Waals surface area contributed by atoms with Gasteiger partial charge in [-0.15, -0.1) is 0 Å². The number of hydrogen-bond donors (Lipinski definition) is 1. The third-order valence-corrected chi connectivity index (χ3v) is 3.57. The highest BCUT2D eigenvalue weighted by Crippen LogP contribution is 2.35. The molecular formula is C13H19NO. The third kappa shape index (κ3) is 1.92. The first-order chi connectivity index (χ1) is 7.04. The summed E-state index contributed by atoms with van der Waals surface area (Å²) in [6, 6.07) is 10.4. The zero-order chi connectivity index (χ0) is 10.9. The molecule has 1 fully saturated rings. The summed E-state index contributed by atoms with van der Waals surface area (Å²) in [5.41, 5.74) is 7.29. The maximum atomic E-state index is 6.44. The second-order valence-electron chi connectivity index (χ2n) is 4.93. The predicted octanol–water partition coefficient (Wildman–Crippen LogP) is 2.13. The molecule has 15 heavy (non-hydrogen) atoms. The summed E-state index contributed by atoms with van der Waals surface area (Å²) in [6.45, 7) is 4.95. The van der Waals surface area contributed by atoms with Crippen LogP contribution in [0.4, 0.5) is 0 Å². The molecule has 1 aliphatic heterocycles. The van der Waals surface area contributed by atoms with E-state index in [1.165, 1.54) is 5.56 Å².